The lowest BCUT2D eigenvalue weighted by Gasteiger charge is -2.41. The largest absolute Gasteiger partial charge is 0.491 e. The second kappa shape index (κ2) is 17.3. The molecule has 3 aliphatic heterocycles. The second-order valence-corrected chi connectivity index (χ2v) is 20.4. The first kappa shape index (κ1) is 43.1. The molecule has 3 aromatic rings. The minimum atomic E-state index is -3.84. The van der Waals surface area contributed by atoms with E-state index in [1.165, 1.54) is 11.3 Å². The molecule has 3 N–H and O–H groups in total. The van der Waals surface area contributed by atoms with Gasteiger partial charge in [0.05, 0.1) is 41.8 Å². The van der Waals surface area contributed by atoms with Crippen molar-refractivity contribution in [1.29, 1.82) is 0 Å². The van der Waals surface area contributed by atoms with Crippen molar-refractivity contribution in [2.45, 2.75) is 114 Å². The van der Waals surface area contributed by atoms with Crippen molar-refractivity contribution in [2.75, 3.05) is 46.0 Å². The molecule has 3 saturated heterocycles. The zero-order valence-electron chi connectivity index (χ0n) is 34.9. The van der Waals surface area contributed by atoms with Crippen LogP contribution in [0.4, 0.5) is 0 Å². The summed E-state index contributed by atoms with van der Waals surface area (Å²) in [6.45, 7) is 14.7. The summed E-state index contributed by atoms with van der Waals surface area (Å²) in [6.07, 6.45) is 2.10. The number of fused-ring (bicyclic) bond motifs is 2. The first-order valence-electron chi connectivity index (χ1n) is 21.4. The molecular formula is C42H56ClN7O8S2. The fraction of sp³-hybridized carbons (Fsp3) is 0.643. The van der Waals surface area contributed by atoms with E-state index in [-0.39, 0.29) is 30.1 Å². The van der Waals surface area contributed by atoms with Gasteiger partial charge in [-0.1, -0.05) is 59.1 Å². The highest BCUT2D eigenvalue weighted by Gasteiger charge is 2.63. The number of thiazole rings is 1. The maximum atomic E-state index is 14.5. The third-order valence-corrected chi connectivity index (χ3v) is 16.0. The number of piperazine rings is 1. The Balaban J connectivity index is 1.11. The molecule has 5 heterocycles. The van der Waals surface area contributed by atoms with Crippen molar-refractivity contribution in [1.82, 2.24) is 35.1 Å². The molecule has 2 aliphatic carbocycles. The Bertz CT molecular complexity index is 2230. The number of nitrogens with zero attached hydrogens (tertiary/aromatic N) is 4. The van der Waals surface area contributed by atoms with Gasteiger partial charge in [-0.05, 0) is 49.1 Å². The lowest BCUT2D eigenvalue weighted by Crippen LogP contribution is -2.65. The van der Waals surface area contributed by atoms with Crippen molar-refractivity contribution >= 4 is 61.6 Å². The summed E-state index contributed by atoms with van der Waals surface area (Å²) < 4.78 is 46.6. The average molecular weight is 887 g/mol. The van der Waals surface area contributed by atoms with Gasteiger partial charge in [-0.2, -0.15) is 0 Å². The Morgan fingerprint density at radius 3 is 2.57 bits per heavy atom. The van der Waals surface area contributed by atoms with Gasteiger partial charge in [-0.15, -0.1) is 11.3 Å². The Hall–Kier alpha value is -3.61. The van der Waals surface area contributed by atoms with E-state index >= 15 is 0 Å². The van der Waals surface area contributed by atoms with Gasteiger partial charge in [0.15, 0.2) is 0 Å². The zero-order valence-corrected chi connectivity index (χ0v) is 37.3. The predicted octanol–water partition coefficient (Wildman–Crippen LogP) is 4.47. The van der Waals surface area contributed by atoms with Crippen molar-refractivity contribution in [3.05, 3.63) is 34.3 Å². The van der Waals surface area contributed by atoms with E-state index < -0.39 is 56.9 Å². The van der Waals surface area contributed by atoms with Crippen LogP contribution >= 0.6 is 22.9 Å². The van der Waals surface area contributed by atoms with Crippen LogP contribution in [0.15, 0.2) is 23.6 Å². The highest BCUT2D eigenvalue weighted by Crippen LogP contribution is 2.47. The molecule has 1 unspecified atom stereocenters. The quantitative estimate of drug-likeness (QED) is 0.184. The molecule has 3 amide bonds. The normalized spacial score (nSPS) is 27.5. The van der Waals surface area contributed by atoms with E-state index in [1.54, 1.807) is 4.90 Å². The fourth-order valence-electron chi connectivity index (χ4n) is 8.75. The lowest BCUT2D eigenvalue weighted by molar-refractivity contribution is -0.146. The molecule has 0 spiro atoms. The minimum absolute atomic E-state index is 0.00654. The van der Waals surface area contributed by atoms with Crippen LogP contribution in [0.5, 0.6) is 11.5 Å². The topological polar surface area (TPSA) is 181 Å². The number of carbonyl (C=O) groups excluding carboxylic acids is 3. The second-order valence-electron chi connectivity index (χ2n) is 17.3. The molecular weight excluding hydrogens is 830 g/mol. The van der Waals surface area contributed by atoms with Gasteiger partial charge in [0, 0.05) is 49.4 Å². The molecule has 60 heavy (non-hydrogen) atoms. The highest BCUT2D eigenvalue weighted by atomic mass is 35.5. The maximum Gasteiger partial charge on any atom is 0.259 e. The third-order valence-electron chi connectivity index (χ3n) is 12.9. The summed E-state index contributed by atoms with van der Waals surface area (Å²) in [5.41, 5.74) is 0.592. The summed E-state index contributed by atoms with van der Waals surface area (Å²) in [4.78, 5) is 56.4. The predicted molar refractivity (Wildman–Crippen MR) is 229 cm³/mol. The van der Waals surface area contributed by atoms with Crippen LogP contribution in [0.25, 0.3) is 21.6 Å². The number of amides is 3. The SMILES string of the molecule is CCC(C)[C@H]1NC[C@@H]2[C@H](Oc3cc(-c4nc(C(C)C)cs4)nc4c(Cl)c(OCCN5CCOCC5)ccc34)C[C@@H](C(=O)N[C@]3(C(=O)NS(=O)(=O)C4CC4)C[C@H]3CC)N2C1=O. The lowest BCUT2D eigenvalue weighted by atomic mass is 9.94. The van der Waals surface area contributed by atoms with E-state index in [1.807, 2.05) is 44.4 Å². The molecule has 2 aromatic heterocycles. The number of ether oxygens (including phenoxy) is 3. The molecule has 8 rings (SSSR count). The number of nitrogens with one attached hydrogen (secondary N) is 3. The monoisotopic (exact) mass is 885 g/mol. The van der Waals surface area contributed by atoms with Crippen molar-refractivity contribution in [2.24, 2.45) is 11.8 Å². The number of halogens is 1. The Kier molecular flexibility index (Phi) is 12.4. The Morgan fingerprint density at radius 2 is 1.90 bits per heavy atom. The van der Waals surface area contributed by atoms with Gasteiger partial charge in [-0.3, -0.25) is 24.0 Å². The maximum absolute atomic E-state index is 14.5. The molecule has 0 bridgehead atoms. The van der Waals surface area contributed by atoms with E-state index in [9.17, 15) is 22.8 Å². The number of hydrogen-bond acceptors (Lipinski definition) is 13. The molecule has 1 aromatic carbocycles. The number of hydrogen-bond donors (Lipinski definition) is 3. The first-order chi connectivity index (χ1) is 28.7. The van der Waals surface area contributed by atoms with E-state index in [0.29, 0.717) is 90.2 Å². The van der Waals surface area contributed by atoms with Crippen molar-refractivity contribution < 1.29 is 37.0 Å². The van der Waals surface area contributed by atoms with Gasteiger partial charge in [0.1, 0.15) is 51.5 Å². The number of sulfonamides is 1. The zero-order chi connectivity index (χ0) is 42.5. The Labute approximate surface area is 360 Å². The van der Waals surface area contributed by atoms with Crippen molar-refractivity contribution in [3.63, 3.8) is 0 Å². The molecule has 0 radical (unpaired) electrons. The van der Waals surface area contributed by atoms with Crippen LogP contribution in [-0.2, 0) is 29.1 Å². The minimum Gasteiger partial charge on any atom is -0.491 e. The molecule has 5 fully saturated rings. The van der Waals surface area contributed by atoms with E-state index in [0.717, 1.165) is 31.7 Å². The van der Waals surface area contributed by atoms with E-state index in [4.69, 9.17) is 35.8 Å². The average Bonchev–Trinajstić information content (AvgIpc) is 4.13. The highest BCUT2D eigenvalue weighted by molar-refractivity contribution is 7.91. The number of aromatic nitrogens is 2. The number of morpholine rings is 1. The van der Waals surface area contributed by atoms with Crippen LogP contribution in [0, 0.1) is 11.8 Å². The number of benzene rings is 1. The van der Waals surface area contributed by atoms with Crippen LogP contribution in [-0.4, -0.2) is 127 Å². The van der Waals surface area contributed by atoms with Crippen LogP contribution in [0.2, 0.25) is 5.02 Å². The van der Waals surface area contributed by atoms with Gasteiger partial charge < -0.3 is 29.7 Å². The summed E-state index contributed by atoms with van der Waals surface area (Å²) in [6, 6.07) is 3.50. The van der Waals surface area contributed by atoms with Gasteiger partial charge in [0.2, 0.25) is 21.8 Å². The Morgan fingerprint density at radius 1 is 1.13 bits per heavy atom. The smallest absolute Gasteiger partial charge is 0.259 e. The van der Waals surface area contributed by atoms with E-state index in [2.05, 4.69) is 34.1 Å². The molecule has 2 saturated carbocycles. The van der Waals surface area contributed by atoms with Crippen LogP contribution < -0.4 is 24.8 Å². The van der Waals surface area contributed by atoms with Crippen molar-refractivity contribution in [3.8, 4) is 22.2 Å². The summed E-state index contributed by atoms with van der Waals surface area (Å²) in [7, 11) is -3.84. The summed E-state index contributed by atoms with van der Waals surface area (Å²) in [5, 5.41) is 9.50. The number of pyridine rings is 1. The third kappa shape index (κ3) is 8.46. The first-order valence-corrected chi connectivity index (χ1v) is 24.2. The molecule has 5 aliphatic rings. The standard InChI is InChI=1S/C42H56ClN7O8S2/c1-6-24(5)36-40(52)50-30(38(51)47-42(20-25(42)7-2)41(53)48-60(54,55)26-8-9-26)19-34(31(50)21-44-36)58-33-18-28(39-46-29(22-59-39)23(3)4)45-37-27(33)10-11-32(35(37)43)57-17-14-49-12-15-56-16-13-49/h10-11,18,22-26,30-31,34,36,44H,6-9,12-17,19-21H2,1-5H3,(H,47,51)(H,48,53)/t24?,25-,30+,31-,34-,36-,42-/m1/s1. The van der Waals surface area contributed by atoms with Gasteiger partial charge >= 0.3 is 0 Å². The summed E-state index contributed by atoms with van der Waals surface area (Å²) >= 11 is 8.60. The van der Waals surface area contributed by atoms with Crippen LogP contribution in [0.1, 0.15) is 84.8 Å². The molecule has 7 atom stereocenters. The molecule has 326 valence electrons. The van der Waals surface area contributed by atoms with Crippen LogP contribution in [0.3, 0.4) is 0 Å². The number of rotatable bonds is 16. The van der Waals surface area contributed by atoms with Gasteiger partial charge in [-0.25, -0.2) is 18.4 Å². The molecule has 18 heteroatoms. The molecule has 15 nitrogen and oxygen atoms in total. The number of carbonyl (C=O) groups is 3. The fourth-order valence-corrected chi connectivity index (χ4v) is 11.3. The summed E-state index contributed by atoms with van der Waals surface area (Å²) in [5.74, 6) is -0.524. The van der Waals surface area contributed by atoms with Gasteiger partial charge in [0.25, 0.3) is 5.91 Å².